The molecule has 0 radical (unpaired) electrons. The maximum absolute atomic E-state index is 13.6. The zero-order valence-electron chi connectivity index (χ0n) is 22.0. The van der Waals surface area contributed by atoms with Crippen molar-refractivity contribution in [1.29, 1.82) is 0 Å². The summed E-state index contributed by atoms with van der Waals surface area (Å²) in [6.45, 7) is 6.78. The van der Waals surface area contributed by atoms with Crippen LogP contribution in [0.25, 0.3) is 10.8 Å². The fraction of sp³-hybridized carbons (Fsp3) is 0.379. The Hall–Kier alpha value is -3.10. The lowest BCUT2D eigenvalue weighted by atomic mass is 10.1. The first kappa shape index (κ1) is 27.9. The van der Waals surface area contributed by atoms with Crippen molar-refractivity contribution in [2.45, 2.75) is 57.5 Å². The Balaban J connectivity index is 1.52. The van der Waals surface area contributed by atoms with E-state index in [-0.39, 0.29) is 37.2 Å². The Morgan fingerprint density at radius 2 is 1.74 bits per heavy atom. The highest BCUT2D eigenvalue weighted by Crippen LogP contribution is 2.42. The van der Waals surface area contributed by atoms with Crippen LogP contribution in [0.1, 0.15) is 45.6 Å². The third-order valence-electron chi connectivity index (χ3n) is 6.80. The summed E-state index contributed by atoms with van der Waals surface area (Å²) < 4.78 is 28.0. The van der Waals surface area contributed by atoms with Crippen LogP contribution in [0.15, 0.2) is 65.6 Å². The monoisotopic (exact) mass is 555 g/mol. The van der Waals surface area contributed by atoms with E-state index in [4.69, 9.17) is 11.6 Å². The summed E-state index contributed by atoms with van der Waals surface area (Å²) in [7, 11) is -3.69. The second-order valence-electron chi connectivity index (χ2n) is 9.99. The number of carbonyl (C=O) groups is 2. The minimum absolute atomic E-state index is 0.0940. The average molecular weight is 556 g/mol. The van der Waals surface area contributed by atoms with Crippen molar-refractivity contribution < 1.29 is 18.0 Å². The van der Waals surface area contributed by atoms with Gasteiger partial charge in [0, 0.05) is 36.5 Å². The van der Waals surface area contributed by atoms with E-state index < -0.39 is 16.1 Å². The molecule has 2 amide bonds. The zero-order chi connectivity index (χ0) is 27.4. The van der Waals surface area contributed by atoms with Crippen LogP contribution in [-0.2, 0) is 26.2 Å². The number of carbonyl (C=O) groups excluding carboxylic acids is 2. The number of hydrogen-bond donors (Lipinski definition) is 1. The summed E-state index contributed by atoms with van der Waals surface area (Å²) in [4.78, 5) is 28.5. The highest BCUT2D eigenvalue weighted by molar-refractivity contribution is 7.93. The molecule has 0 saturated heterocycles. The van der Waals surface area contributed by atoms with E-state index in [1.54, 1.807) is 29.2 Å². The molecule has 1 N–H and O–H groups in total. The Kier molecular flexibility index (Phi) is 8.63. The van der Waals surface area contributed by atoms with Crippen molar-refractivity contribution in [2.24, 2.45) is 5.92 Å². The number of anilines is 1. The zero-order valence-corrected chi connectivity index (χ0v) is 23.6. The Morgan fingerprint density at radius 1 is 1.03 bits per heavy atom. The normalized spacial score (nSPS) is 14.6. The van der Waals surface area contributed by atoms with E-state index in [0.717, 1.165) is 16.3 Å². The Morgan fingerprint density at radius 3 is 2.42 bits per heavy atom. The molecule has 0 spiro atoms. The van der Waals surface area contributed by atoms with Gasteiger partial charge in [0.1, 0.15) is 6.04 Å². The van der Waals surface area contributed by atoms with E-state index in [9.17, 15) is 18.0 Å². The highest BCUT2D eigenvalue weighted by Gasteiger charge is 2.35. The summed E-state index contributed by atoms with van der Waals surface area (Å²) in [6, 6.07) is 17.4. The first-order valence-electron chi connectivity index (χ1n) is 13.0. The van der Waals surface area contributed by atoms with E-state index in [1.807, 2.05) is 57.2 Å². The van der Waals surface area contributed by atoms with Gasteiger partial charge in [-0.2, -0.15) is 0 Å². The molecule has 202 valence electrons. The van der Waals surface area contributed by atoms with Gasteiger partial charge in [0.15, 0.2) is 0 Å². The lowest BCUT2D eigenvalue weighted by Gasteiger charge is -2.31. The number of nitrogens with one attached hydrogen (secondary N) is 1. The van der Waals surface area contributed by atoms with Gasteiger partial charge >= 0.3 is 0 Å². The molecule has 0 fully saturated rings. The van der Waals surface area contributed by atoms with Crippen LogP contribution in [0, 0.1) is 5.92 Å². The van der Waals surface area contributed by atoms with Crippen molar-refractivity contribution in [1.82, 2.24) is 10.2 Å². The minimum atomic E-state index is -3.69. The van der Waals surface area contributed by atoms with Crippen LogP contribution >= 0.6 is 11.6 Å². The van der Waals surface area contributed by atoms with E-state index in [0.29, 0.717) is 35.0 Å². The van der Waals surface area contributed by atoms with Gasteiger partial charge in [-0.3, -0.25) is 13.9 Å². The van der Waals surface area contributed by atoms with E-state index in [1.165, 1.54) is 4.31 Å². The van der Waals surface area contributed by atoms with Gasteiger partial charge in [0.25, 0.3) is 10.0 Å². The third kappa shape index (κ3) is 5.66. The average Bonchev–Trinajstić information content (AvgIpc) is 3.11. The molecule has 9 heteroatoms. The molecule has 4 rings (SSSR count). The van der Waals surface area contributed by atoms with Gasteiger partial charge in [-0.05, 0) is 47.9 Å². The number of rotatable bonds is 11. The topological polar surface area (TPSA) is 86.8 Å². The molecule has 0 unspecified atom stereocenters. The van der Waals surface area contributed by atoms with Crippen molar-refractivity contribution in [3.05, 3.63) is 71.2 Å². The number of nitrogens with zero attached hydrogens (tertiary/aromatic N) is 2. The fourth-order valence-corrected chi connectivity index (χ4v) is 6.81. The maximum atomic E-state index is 13.6. The quantitative estimate of drug-likeness (QED) is 0.345. The first-order valence-corrected chi connectivity index (χ1v) is 14.8. The maximum Gasteiger partial charge on any atom is 0.265 e. The van der Waals surface area contributed by atoms with E-state index in [2.05, 4.69) is 5.32 Å². The van der Waals surface area contributed by atoms with Gasteiger partial charge in [-0.25, -0.2) is 8.42 Å². The largest absolute Gasteiger partial charge is 0.354 e. The Bertz CT molecular complexity index is 1440. The summed E-state index contributed by atoms with van der Waals surface area (Å²) in [5.74, 6) is -0.144. The van der Waals surface area contributed by atoms with Gasteiger partial charge in [0.2, 0.25) is 11.8 Å². The summed E-state index contributed by atoms with van der Waals surface area (Å²) in [5.41, 5.74) is 1.39. The molecule has 0 aromatic heterocycles. The lowest BCUT2D eigenvalue weighted by molar-refractivity contribution is -0.141. The first-order chi connectivity index (χ1) is 18.1. The van der Waals surface area contributed by atoms with Crippen molar-refractivity contribution in [3.63, 3.8) is 0 Å². The molecule has 1 heterocycles. The summed E-state index contributed by atoms with van der Waals surface area (Å²) >= 11 is 6.40. The molecule has 0 aliphatic carbocycles. The molecular formula is C29H34ClN3O4S. The SMILES string of the molecule is CC[C@H](C(=O)NCC(C)C)N(Cc1ccccc1Cl)C(=O)CCCN1c2cccc3cccc(c23)S1(=O)=O. The molecule has 3 aromatic carbocycles. The second-order valence-corrected chi connectivity index (χ2v) is 12.2. The van der Waals surface area contributed by atoms with Gasteiger partial charge in [0.05, 0.1) is 10.6 Å². The van der Waals surface area contributed by atoms with Gasteiger partial charge in [-0.1, -0.05) is 74.8 Å². The molecule has 0 saturated carbocycles. The number of sulfonamides is 1. The minimum Gasteiger partial charge on any atom is -0.354 e. The molecule has 7 nitrogen and oxygen atoms in total. The molecule has 0 bridgehead atoms. The van der Waals surface area contributed by atoms with Crippen LogP contribution < -0.4 is 9.62 Å². The van der Waals surface area contributed by atoms with Crippen LogP contribution in [-0.4, -0.2) is 44.3 Å². The molecule has 3 aromatic rings. The van der Waals surface area contributed by atoms with Gasteiger partial charge < -0.3 is 10.2 Å². The molecule has 1 aliphatic rings. The predicted octanol–water partition coefficient (Wildman–Crippen LogP) is 5.36. The number of benzene rings is 3. The number of halogens is 1. The fourth-order valence-electron chi connectivity index (χ4n) is 4.87. The van der Waals surface area contributed by atoms with E-state index >= 15 is 0 Å². The highest BCUT2D eigenvalue weighted by atomic mass is 35.5. The van der Waals surface area contributed by atoms with Crippen LogP contribution in [0.5, 0.6) is 0 Å². The summed E-state index contributed by atoms with van der Waals surface area (Å²) in [6.07, 6.45) is 0.847. The third-order valence-corrected chi connectivity index (χ3v) is 9.03. The smallest absolute Gasteiger partial charge is 0.265 e. The molecule has 1 aliphatic heterocycles. The van der Waals surface area contributed by atoms with Crippen molar-refractivity contribution in [2.75, 3.05) is 17.4 Å². The molecular weight excluding hydrogens is 522 g/mol. The predicted molar refractivity (Wildman–Crippen MR) is 152 cm³/mol. The van der Waals surface area contributed by atoms with Crippen molar-refractivity contribution >= 4 is 49.9 Å². The summed E-state index contributed by atoms with van der Waals surface area (Å²) in [5, 5.41) is 5.06. The second kappa shape index (κ2) is 11.7. The number of amides is 2. The van der Waals surface area contributed by atoms with Crippen LogP contribution in [0.2, 0.25) is 5.02 Å². The van der Waals surface area contributed by atoms with Gasteiger partial charge in [-0.15, -0.1) is 0 Å². The van der Waals surface area contributed by atoms with Crippen molar-refractivity contribution in [3.8, 4) is 0 Å². The van der Waals surface area contributed by atoms with Crippen LogP contribution in [0.4, 0.5) is 5.69 Å². The standard InChI is InChI=1S/C29H34ClN3O4S/c1-4-24(29(35)31-18-20(2)3)32(19-22-10-5-6-13-23(22)30)27(34)16-9-17-33-25-14-7-11-21-12-8-15-26(28(21)25)38(33,36)37/h5-8,10-15,20,24H,4,9,16-19H2,1-3H3,(H,31,35)/t24-/m1/s1. The lowest BCUT2D eigenvalue weighted by Crippen LogP contribution is -2.49. The molecule has 38 heavy (non-hydrogen) atoms. The number of hydrogen-bond acceptors (Lipinski definition) is 4. The Labute approximate surface area is 229 Å². The van der Waals surface area contributed by atoms with Crippen LogP contribution in [0.3, 0.4) is 0 Å². The molecule has 1 atom stereocenters.